The maximum absolute atomic E-state index is 10.3. The van der Waals surface area contributed by atoms with E-state index in [1.807, 2.05) is 0 Å². The lowest BCUT2D eigenvalue weighted by atomic mass is 10.0. The van der Waals surface area contributed by atoms with E-state index in [1.54, 1.807) is 0 Å². The van der Waals surface area contributed by atoms with Crippen LogP contribution >= 0.6 is 0 Å². The van der Waals surface area contributed by atoms with Gasteiger partial charge in [-0.1, -0.05) is 0 Å². The normalized spacial score (nSPS) is 53.7. The van der Waals surface area contributed by atoms with Gasteiger partial charge in [-0.3, -0.25) is 0 Å². The van der Waals surface area contributed by atoms with Crippen LogP contribution in [0.3, 0.4) is 0 Å². The second-order valence-electron chi connectivity index (χ2n) is 2.53. The van der Waals surface area contributed by atoms with Gasteiger partial charge in [-0.05, 0) is 40.2 Å². The summed E-state index contributed by atoms with van der Waals surface area (Å²) in [7, 11) is 0. The fourth-order valence-electron chi connectivity index (χ4n) is 0.899. The predicted octanol–water partition coefficient (Wildman–Crippen LogP) is 2.03. The molecule has 10 heavy (non-hydrogen) atoms. The molecule has 1 heterocycles. The Labute approximate surface area is 79.7 Å². The molecule has 0 atom stereocenters. The molecule has 1 saturated heterocycles. The standard InChI is InChI=1S/C8H17NO/c1-7(2)5-6-8(3,4)9(7)10/h10H,5-6H2,1-4H3/i1D3,2D3,3D3,4D3. The van der Waals surface area contributed by atoms with Crippen LogP contribution in [0.4, 0.5) is 0 Å². The Morgan fingerprint density at radius 1 is 1.20 bits per heavy atom. The highest BCUT2D eigenvalue weighted by molar-refractivity contribution is 4.95. The molecule has 0 saturated carbocycles. The molecule has 1 N–H and O–H groups in total. The van der Waals surface area contributed by atoms with Crippen LogP contribution in [0.5, 0.6) is 0 Å². The average Bonchev–Trinajstić information content (AvgIpc) is 2.49. The largest absolute Gasteiger partial charge is 0.313 e. The van der Waals surface area contributed by atoms with Crippen molar-refractivity contribution in [1.82, 2.24) is 5.06 Å². The van der Waals surface area contributed by atoms with Crippen LogP contribution in [0.1, 0.15) is 56.7 Å². The first-order valence-electron chi connectivity index (χ1n) is 8.85. The summed E-state index contributed by atoms with van der Waals surface area (Å²) in [5, 5.41) is 9.86. The van der Waals surface area contributed by atoms with Crippen molar-refractivity contribution in [1.29, 1.82) is 0 Å². The van der Waals surface area contributed by atoms with Crippen molar-refractivity contribution in [2.75, 3.05) is 0 Å². The van der Waals surface area contributed by atoms with Crippen LogP contribution in [0, 0.1) is 0 Å². The molecule has 2 nitrogen and oxygen atoms in total. The van der Waals surface area contributed by atoms with Gasteiger partial charge in [0.2, 0.25) is 0 Å². The van der Waals surface area contributed by atoms with Gasteiger partial charge in [-0.25, -0.2) is 0 Å². The maximum atomic E-state index is 10.3. The molecule has 1 aliphatic rings. The van der Waals surface area contributed by atoms with Crippen molar-refractivity contribution < 1.29 is 21.7 Å². The summed E-state index contributed by atoms with van der Waals surface area (Å²) in [6.07, 6.45) is -1.62. The molecule has 0 aliphatic carbocycles. The molecule has 2 heteroatoms. The summed E-state index contributed by atoms with van der Waals surface area (Å²) in [4.78, 5) is 0. The van der Waals surface area contributed by atoms with Gasteiger partial charge in [0.15, 0.2) is 0 Å². The minimum absolute atomic E-state index is 0.431. The third-order valence-electron chi connectivity index (χ3n) is 1.57. The first kappa shape index (κ1) is 1.64. The van der Waals surface area contributed by atoms with E-state index in [4.69, 9.17) is 16.4 Å². The van der Waals surface area contributed by atoms with Gasteiger partial charge in [0, 0.05) is 27.5 Å². The zero-order valence-corrected chi connectivity index (χ0v) is 5.31. The average molecular weight is 155 g/mol. The number of hydrogen-bond acceptors (Lipinski definition) is 2. The van der Waals surface area contributed by atoms with E-state index < -0.39 is 56.4 Å². The summed E-state index contributed by atoms with van der Waals surface area (Å²) in [5.74, 6) is 0. The van der Waals surface area contributed by atoms with Crippen molar-refractivity contribution >= 4 is 0 Å². The molecule has 0 unspecified atom stereocenters. The zero-order valence-electron chi connectivity index (χ0n) is 17.3. The summed E-state index contributed by atoms with van der Waals surface area (Å²) in [5.41, 5.74) is -5.91. The molecule has 0 amide bonds. The smallest absolute Gasteiger partial charge is 0.0411 e. The summed E-state index contributed by atoms with van der Waals surface area (Å²) >= 11 is 0. The molecular formula is C8H17NO. The summed E-state index contributed by atoms with van der Waals surface area (Å²) in [6.45, 7) is -13.3. The van der Waals surface area contributed by atoms with Crippen LogP contribution in [-0.4, -0.2) is 21.3 Å². The Morgan fingerprint density at radius 3 is 1.80 bits per heavy atom. The van der Waals surface area contributed by atoms with Gasteiger partial charge in [0.25, 0.3) is 0 Å². The number of rotatable bonds is 0. The van der Waals surface area contributed by atoms with E-state index in [2.05, 4.69) is 0 Å². The lowest BCUT2D eigenvalue weighted by Crippen LogP contribution is -2.45. The van der Waals surface area contributed by atoms with Gasteiger partial charge in [-0.2, -0.15) is 5.06 Å². The molecule has 0 aromatic heterocycles. The van der Waals surface area contributed by atoms with Crippen molar-refractivity contribution in [3.05, 3.63) is 0 Å². The minimum atomic E-state index is -3.31. The molecule has 1 fully saturated rings. The van der Waals surface area contributed by atoms with E-state index in [1.165, 1.54) is 0 Å². The van der Waals surface area contributed by atoms with Gasteiger partial charge >= 0.3 is 0 Å². The Kier molecular flexibility index (Phi) is 0.321. The SMILES string of the molecule is [2H]C([2H])([2H])C1(C([2H])([2H])[2H])CCC(C([2H])([2H])[2H])(C([2H])([2H])[2H])N1O. The molecular weight excluding hydrogens is 126 g/mol. The summed E-state index contributed by atoms with van der Waals surface area (Å²) < 4.78 is 89.4. The molecule has 1 aliphatic heterocycles. The van der Waals surface area contributed by atoms with E-state index in [9.17, 15) is 5.21 Å². The third-order valence-corrected chi connectivity index (χ3v) is 1.57. The highest BCUT2D eigenvalue weighted by Gasteiger charge is 2.43. The van der Waals surface area contributed by atoms with Crippen LogP contribution in [-0.2, 0) is 0 Å². The van der Waals surface area contributed by atoms with E-state index >= 15 is 0 Å². The topological polar surface area (TPSA) is 23.5 Å². The Morgan fingerprint density at radius 2 is 1.60 bits per heavy atom. The van der Waals surface area contributed by atoms with Crippen LogP contribution in [0.15, 0.2) is 0 Å². The van der Waals surface area contributed by atoms with Crippen LogP contribution in [0.2, 0.25) is 0 Å². The predicted molar refractivity (Wildman–Crippen MR) is 41.0 cm³/mol. The Hall–Kier alpha value is -0.0800. The van der Waals surface area contributed by atoms with Crippen molar-refractivity contribution in [3.8, 4) is 0 Å². The van der Waals surface area contributed by atoms with Gasteiger partial charge in [-0.15, -0.1) is 0 Å². The first-order valence-corrected chi connectivity index (χ1v) is 2.85. The Bertz CT molecular complexity index is 360. The second kappa shape index (κ2) is 1.95. The number of hydroxylamine groups is 2. The van der Waals surface area contributed by atoms with Crippen molar-refractivity contribution in [2.24, 2.45) is 0 Å². The van der Waals surface area contributed by atoms with Gasteiger partial charge < -0.3 is 5.21 Å². The third kappa shape index (κ3) is 1.06. The zero-order chi connectivity index (χ0) is 18.0. The monoisotopic (exact) mass is 155 g/mol. The maximum Gasteiger partial charge on any atom is 0.0411 e. The second-order valence-corrected chi connectivity index (χ2v) is 2.53. The fraction of sp³-hybridized carbons (Fsp3) is 1.00. The number of hydrogen-bond donors (Lipinski definition) is 1. The molecule has 0 aromatic carbocycles. The summed E-state index contributed by atoms with van der Waals surface area (Å²) in [6, 6.07) is 0. The molecule has 0 radical (unpaired) electrons. The van der Waals surface area contributed by atoms with E-state index in [0.717, 1.165) is 0 Å². The van der Waals surface area contributed by atoms with Crippen LogP contribution in [0.25, 0.3) is 0 Å². The van der Waals surface area contributed by atoms with Gasteiger partial charge in [0.05, 0.1) is 0 Å². The molecule has 1 rings (SSSR count). The lowest BCUT2D eigenvalue weighted by Gasteiger charge is -2.34. The van der Waals surface area contributed by atoms with Crippen LogP contribution < -0.4 is 0 Å². The van der Waals surface area contributed by atoms with Crippen molar-refractivity contribution in [3.63, 3.8) is 0 Å². The van der Waals surface area contributed by atoms with Crippen molar-refractivity contribution in [2.45, 2.75) is 51.3 Å². The fourth-order valence-corrected chi connectivity index (χ4v) is 0.899. The van der Waals surface area contributed by atoms with Gasteiger partial charge in [0.1, 0.15) is 0 Å². The van der Waals surface area contributed by atoms with E-state index in [-0.39, 0.29) is 0 Å². The molecule has 0 bridgehead atoms. The lowest BCUT2D eigenvalue weighted by molar-refractivity contribution is -0.191. The highest BCUT2D eigenvalue weighted by Crippen LogP contribution is 2.38. The quantitative estimate of drug-likeness (QED) is 0.578. The minimum Gasteiger partial charge on any atom is -0.313 e. The first-order chi connectivity index (χ1) is 9.36. The molecule has 60 valence electrons. The molecule has 0 aromatic rings. The number of nitrogens with zero attached hydrogens (tertiary/aromatic N) is 1. The highest BCUT2D eigenvalue weighted by atomic mass is 16.5. The van der Waals surface area contributed by atoms with E-state index in [0.29, 0.717) is 0 Å². The molecule has 0 spiro atoms. The Balaban J connectivity index is 3.68.